The van der Waals surface area contributed by atoms with Gasteiger partial charge in [0.1, 0.15) is 5.82 Å². The number of amides is 1. The lowest BCUT2D eigenvalue weighted by Crippen LogP contribution is -2.49. The quantitative estimate of drug-likeness (QED) is 0.718. The Kier molecular flexibility index (Phi) is 4.82. The Morgan fingerprint density at radius 3 is 2.76 bits per heavy atom. The summed E-state index contributed by atoms with van der Waals surface area (Å²) < 4.78 is 1.89. The maximum atomic E-state index is 12.4. The van der Waals surface area contributed by atoms with E-state index >= 15 is 0 Å². The smallest absolute Gasteiger partial charge is 0.223 e. The average molecular weight is 359 g/mol. The molecule has 2 aromatic rings. The molecule has 1 amide bonds. The van der Waals surface area contributed by atoms with Gasteiger partial charge in [-0.2, -0.15) is 0 Å². The number of piperazine rings is 1. The second kappa shape index (κ2) is 7.38. The number of thioether (sulfide) groups is 1. The zero-order valence-electron chi connectivity index (χ0n) is 14.0. The van der Waals surface area contributed by atoms with Crippen molar-refractivity contribution in [1.82, 2.24) is 30.1 Å². The fraction of sp³-hybridized carbons (Fsp3) is 0.562. The van der Waals surface area contributed by atoms with Crippen molar-refractivity contribution < 1.29 is 4.79 Å². The lowest BCUT2D eigenvalue weighted by molar-refractivity contribution is -0.131. The summed E-state index contributed by atoms with van der Waals surface area (Å²) in [5.41, 5.74) is 0. The van der Waals surface area contributed by atoms with E-state index in [1.165, 1.54) is 0 Å². The van der Waals surface area contributed by atoms with Gasteiger partial charge < -0.3 is 9.80 Å². The molecule has 0 spiro atoms. The van der Waals surface area contributed by atoms with Crippen molar-refractivity contribution >= 4 is 23.5 Å². The predicted octanol–water partition coefficient (Wildman–Crippen LogP) is 1.23. The van der Waals surface area contributed by atoms with Gasteiger partial charge in [-0.3, -0.25) is 4.79 Å². The van der Waals surface area contributed by atoms with Crippen LogP contribution in [0.5, 0.6) is 0 Å². The van der Waals surface area contributed by atoms with Crippen molar-refractivity contribution in [3.05, 3.63) is 24.4 Å². The number of anilines is 1. The molecule has 0 N–H and O–H groups in total. The van der Waals surface area contributed by atoms with Gasteiger partial charge in [-0.15, -0.1) is 5.10 Å². The van der Waals surface area contributed by atoms with Crippen LogP contribution in [0.3, 0.4) is 0 Å². The van der Waals surface area contributed by atoms with E-state index in [2.05, 4.69) is 25.4 Å². The molecule has 132 valence electrons. The minimum absolute atomic E-state index is 0.207. The molecule has 2 aromatic heterocycles. The van der Waals surface area contributed by atoms with Crippen LogP contribution in [-0.4, -0.2) is 67.9 Å². The SMILES string of the molecule is O=C(CCSc1nnnn1C1CC1)N1CCN(c2ccccn2)CC1. The van der Waals surface area contributed by atoms with Gasteiger partial charge in [0.25, 0.3) is 0 Å². The Hall–Kier alpha value is -2.16. The molecule has 8 nitrogen and oxygen atoms in total. The Morgan fingerprint density at radius 2 is 2.04 bits per heavy atom. The van der Waals surface area contributed by atoms with Gasteiger partial charge in [-0.05, 0) is 35.4 Å². The number of nitrogens with zero attached hydrogens (tertiary/aromatic N) is 7. The predicted molar refractivity (Wildman–Crippen MR) is 94.5 cm³/mol. The third-order valence-electron chi connectivity index (χ3n) is 4.51. The summed E-state index contributed by atoms with van der Waals surface area (Å²) in [7, 11) is 0. The molecule has 2 aliphatic rings. The maximum absolute atomic E-state index is 12.4. The molecule has 0 bridgehead atoms. The third-order valence-corrected chi connectivity index (χ3v) is 5.44. The summed E-state index contributed by atoms with van der Waals surface area (Å²) in [5, 5.41) is 12.7. The molecule has 0 aromatic carbocycles. The molecule has 0 unspecified atom stereocenters. The number of rotatable bonds is 6. The molecule has 25 heavy (non-hydrogen) atoms. The first-order chi connectivity index (χ1) is 12.3. The highest BCUT2D eigenvalue weighted by molar-refractivity contribution is 7.99. The molecule has 1 saturated heterocycles. The first-order valence-electron chi connectivity index (χ1n) is 8.65. The molecule has 0 atom stereocenters. The van der Waals surface area contributed by atoms with Crippen LogP contribution in [0.15, 0.2) is 29.6 Å². The summed E-state index contributed by atoms with van der Waals surface area (Å²) in [6.07, 6.45) is 4.63. The molecule has 4 rings (SSSR count). The summed E-state index contributed by atoms with van der Waals surface area (Å²) in [6, 6.07) is 6.39. The van der Waals surface area contributed by atoms with E-state index in [4.69, 9.17) is 0 Å². The Balaban J connectivity index is 1.22. The third kappa shape index (κ3) is 3.92. The zero-order chi connectivity index (χ0) is 17.1. The summed E-state index contributed by atoms with van der Waals surface area (Å²) in [4.78, 5) is 21.0. The molecular weight excluding hydrogens is 338 g/mol. The van der Waals surface area contributed by atoms with Crippen LogP contribution >= 0.6 is 11.8 Å². The van der Waals surface area contributed by atoms with Crippen LogP contribution in [0.1, 0.15) is 25.3 Å². The number of pyridine rings is 1. The second-order valence-corrected chi connectivity index (χ2v) is 7.35. The van der Waals surface area contributed by atoms with Gasteiger partial charge in [0.05, 0.1) is 6.04 Å². The molecule has 9 heteroatoms. The number of carbonyl (C=O) groups is 1. The van der Waals surface area contributed by atoms with E-state index in [9.17, 15) is 4.79 Å². The van der Waals surface area contributed by atoms with Gasteiger partial charge in [0, 0.05) is 44.5 Å². The van der Waals surface area contributed by atoms with Crippen LogP contribution in [-0.2, 0) is 4.79 Å². The van der Waals surface area contributed by atoms with E-state index < -0.39 is 0 Å². The topological polar surface area (TPSA) is 80.0 Å². The van der Waals surface area contributed by atoms with E-state index in [0.29, 0.717) is 18.2 Å². The fourth-order valence-electron chi connectivity index (χ4n) is 2.94. The zero-order valence-corrected chi connectivity index (χ0v) is 14.8. The summed E-state index contributed by atoms with van der Waals surface area (Å²) in [6.45, 7) is 3.16. The molecule has 1 aliphatic heterocycles. The number of aromatic nitrogens is 5. The number of hydrogen-bond donors (Lipinski definition) is 0. The lowest BCUT2D eigenvalue weighted by Gasteiger charge is -2.35. The number of tetrazole rings is 1. The highest BCUT2D eigenvalue weighted by Crippen LogP contribution is 2.36. The van der Waals surface area contributed by atoms with Gasteiger partial charge in [0.15, 0.2) is 0 Å². The van der Waals surface area contributed by atoms with Gasteiger partial charge >= 0.3 is 0 Å². The summed E-state index contributed by atoms with van der Waals surface area (Å²) in [5.74, 6) is 1.91. The van der Waals surface area contributed by atoms with Crippen LogP contribution in [0, 0.1) is 0 Å². The van der Waals surface area contributed by atoms with E-state index in [1.807, 2.05) is 27.8 Å². The molecular formula is C16H21N7OS. The Labute approximate surface area is 150 Å². The van der Waals surface area contributed by atoms with E-state index in [0.717, 1.165) is 50.0 Å². The number of hydrogen-bond acceptors (Lipinski definition) is 7. The van der Waals surface area contributed by atoms with Crippen LogP contribution in [0.2, 0.25) is 0 Å². The van der Waals surface area contributed by atoms with Crippen LogP contribution in [0.25, 0.3) is 0 Å². The monoisotopic (exact) mass is 359 g/mol. The maximum Gasteiger partial charge on any atom is 0.223 e. The highest BCUT2D eigenvalue weighted by Gasteiger charge is 2.28. The van der Waals surface area contributed by atoms with Crippen molar-refractivity contribution in [2.75, 3.05) is 36.8 Å². The number of carbonyl (C=O) groups excluding carboxylic acids is 1. The average Bonchev–Trinajstić information content (AvgIpc) is 3.41. The van der Waals surface area contributed by atoms with Crippen LogP contribution in [0.4, 0.5) is 5.82 Å². The van der Waals surface area contributed by atoms with Gasteiger partial charge in [-0.25, -0.2) is 9.67 Å². The van der Waals surface area contributed by atoms with Crippen molar-refractivity contribution in [2.24, 2.45) is 0 Å². The van der Waals surface area contributed by atoms with E-state index in [1.54, 1.807) is 18.0 Å². The van der Waals surface area contributed by atoms with E-state index in [-0.39, 0.29) is 5.91 Å². The highest BCUT2D eigenvalue weighted by atomic mass is 32.2. The standard InChI is InChI=1S/C16H21N7OS/c24-15(6-12-25-16-18-19-20-23(16)13-4-5-13)22-10-8-21(9-11-22)14-3-1-2-7-17-14/h1-3,7,13H,4-6,8-12H2. The molecule has 1 saturated carbocycles. The van der Waals surface area contributed by atoms with Crippen LogP contribution < -0.4 is 4.90 Å². The largest absolute Gasteiger partial charge is 0.353 e. The van der Waals surface area contributed by atoms with Crippen molar-refractivity contribution in [3.63, 3.8) is 0 Å². The van der Waals surface area contributed by atoms with Crippen molar-refractivity contribution in [1.29, 1.82) is 0 Å². The first-order valence-corrected chi connectivity index (χ1v) is 9.64. The second-order valence-electron chi connectivity index (χ2n) is 6.29. The van der Waals surface area contributed by atoms with Gasteiger partial charge in [-0.1, -0.05) is 17.8 Å². The van der Waals surface area contributed by atoms with Crippen molar-refractivity contribution in [3.8, 4) is 0 Å². The molecule has 3 heterocycles. The minimum Gasteiger partial charge on any atom is -0.353 e. The minimum atomic E-state index is 0.207. The summed E-state index contributed by atoms with van der Waals surface area (Å²) >= 11 is 1.57. The Bertz CT molecular complexity index is 710. The fourth-order valence-corrected chi connectivity index (χ4v) is 3.81. The molecule has 1 aliphatic carbocycles. The Morgan fingerprint density at radius 1 is 1.20 bits per heavy atom. The van der Waals surface area contributed by atoms with Gasteiger partial charge in [0.2, 0.25) is 11.1 Å². The molecule has 0 radical (unpaired) electrons. The normalized spacial score (nSPS) is 17.8. The first kappa shape index (κ1) is 16.3. The van der Waals surface area contributed by atoms with Crippen molar-refractivity contribution in [2.45, 2.75) is 30.5 Å². The lowest BCUT2D eigenvalue weighted by atomic mass is 10.3. The molecule has 2 fully saturated rings.